The molecule has 0 unspecified atom stereocenters. The number of hydrogen-bond acceptors (Lipinski definition) is 2. The molecule has 94 valence electrons. The highest BCUT2D eigenvalue weighted by Crippen LogP contribution is 2.22. The van der Waals surface area contributed by atoms with E-state index in [-0.39, 0.29) is 0 Å². The van der Waals surface area contributed by atoms with Gasteiger partial charge < -0.3 is 10.2 Å². The van der Waals surface area contributed by atoms with Crippen molar-refractivity contribution in [2.45, 2.75) is 26.2 Å². The first kappa shape index (κ1) is 12.5. The lowest BCUT2D eigenvalue weighted by atomic mass is 10.0. The van der Waals surface area contributed by atoms with E-state index in [0.29, 0.717) is 11.5 Å². The molecule has 0 heterocycles. The Bertz CT molecular complexity index is 532. The van der Waals surface area contributed by atoms with Crippen molar-refractivity contribution < 1.29 is 10.2 Å². The first-order valence-electron chi connectivity index (χ1n) is 6.22. The predicted octanol–water partition coefficient (Wildman–Crippen LogP) is 3.58. The van der Waals surface area contributed by atoms with Crippen molar-refractivity contribution in [1.29, 1.82) is 0 Å². The zero-order valence-electron chi connectivity index (χ0n) is 10.6. The monoisotopic (exact) mass is 242 g/mol. The third-order valence-electron chi connectivity index (χ3n) is 3.12. The van der Waals surface area contributed by atoms with Gasteiger partial charge in [0.2, 0.25) is 0 Å². The van der Waals surface area contributed by atoms with Gasteiger partial charge in [-0.15, -0.1) is 0 Å². The van der Waals surface area contributed by atoms with Gasteiger partial charge in [-0.25, -0.2) is 0 Å². The van der Waals surface area contributed by atoms with Crippen LogP contribution in [0.4, 0.5) is 0 Å². The molecule has 0 aliphatic heterocycles. The van der Waals surface area contributed by atoms with E-state index in [1.165, 1.54) is 0 Å². The van der Waals surface area contributed by atoms with Crippen molar-refractivity contribution >= 4 is 0 Å². The number of aromatic hydroxyl groups is 2. The topological polar surface area (TPSA) is 40.5 Å². The Kier molecular flexibility index (Phi) is 3.88. The van der Waals surface area contributed by atoms with Crippen LogP contribution >= 0.6 is 0 Å². The third-order valence-corrected chi connectivity index (χ3v) is 3.12. The molecule has 0 saturated heterocycles. The molecule has 0 atom stereocenters. The normalized spacial score (nSPS) is 10.5. The quantitative estimate of drug-likeness (QED) is 0.860. The molecule has 2 N–H and O–H groups in total. The molecular weight excluding hydrogens is 224 g/mol. The number of aryl methyl sites for hydroxylation is 3. The van der Waals surface area contributed by atoms with E-state index in [1.54, 1.807) is 12.1 Å². The van der Waals surface area contributed by atoms with Crippen molar-refractivity contribution in [3.05, 3.63) is 59.2 Å². The average Bonchev–Trinajstić information content (AvgIpc) is 2.34. The highest BCUT2D eigenvalue weighted by atomic mass is 16.3. The maximum absolute atomic E-state index is 9.79. The Morgan fingerprint density at radius 3 is 2.17 bits per heavy atom. The lowest BCUT2D eigenvalue weighted by Crippen LogP contribution is -1.91. The van der Waals surface area contributed by atoms with E-state index < -0.39 is 0 Å². The maximum Gasteiger partial charge on any atom is 0.119 e. The summed E-state index contributed by atoms with van der Waals surface area (Å²) in [5, 5.41) is 19.4. The van der Waals surface area contributed by atoms with Crippen LogP contribution in [0.3, 0.4) is 0 Å². The molecule has 0 saturated carbocycles. The molecule has 2 heteroatoms. The highest BCUT2D eigenvalue weighted by molar-refractivity contribution is 5.36. The zero-order valence-corrected chi connectivity index (χ0v) is 10.6. The molecule has 0 aliphatic carbocycles. The summed E-state index contributed by atoms with van der Waals surface area (Å²) in [5.41, 5.74) is 3.00. The fourth-order valence-corrected chi connectivity index (χ4v) is 2.08. The largest absolute Gasteiger partial charge is 0.508 e. The second kappa shape index (κ2) is 5.58. The fraction of sp³-hybridized carbons (Fsp3) is 0.250. The van der Waals surface area contributed by atoms with E-state index in [4.69, 9.17) is 0 Å². The summed E-state index contributed by atoms with van der Waals surface area (Å²) in [6, 6.07) is 13.2. The van der Waals surface area contributed by atoms with Crippen LogP contribution in [0.25, 0.3) is 0 Å². The molecule has 0 aliphatic rings. The number of hydrogen-bond donors (Lipinski definition) is 2. The van der Waals surface area contributed by atoms with Crippen LogP contribution in [-0.4, -0.2) is 10.2 Å². The van der Waals surface area contributed by atoms with Gasteiger partial charge in [-0.1, -0.05) is 30.3 Å². The van der Waals surface area contributed by atoms with Crippen molar-refractivity contribution in [3.8, 4) is 11.5 Å². The minimum absolute atomic E-state index is 0.352. The molecule has 2 aromatic rings. The number of benzene rings is 2. The number of rotatable bonds is 4. The molecular formula is C16H18O2. The van der Waals surface area contributed by atoms with Crippen LogP contribution in [0.2, 0.25) is 0 Å². The first-order chi connectivity index (χ1) is 8.66. The number of para-hydroxylation sites is 1. The van der Waals surface area contributed by atoms with Gasteiger partial charge >= 0.3 is 0 Å². The Labute approximate surface area is 108 Å². The summed E-state index contributed by atoms with van der Waals surface area (Å²) in [4.78, 5) is 0. The SMILES string of the molecule is Cc1ccc(CCCc2ccccc2O)c(O)c1. The van der Waals surface area contributed by atoms with E-state index >= 15 is 0 Å². The first-order valence-corrected chi connectivity index (χ1v) is 6.22. The predicted molar refractivity (Wildman–Crippen MR) is 73.0 cm³/mol. The van der Waals surface area contributed by atoms with Gasteiger partial charge in [-0.3, -0.25) is 0 Å². The molecule has 0 fully saturated rings. The van der Waals surface area contributed by atoms with Gasteiger partial charge in [-0.2, -0.15) is 0 Å². The summed E-state index contributed by atoms with van der Waals surface area (Å²) in [7, 11) is 0. The second-order valence-electron chi connectivity index (χ2n) is 4.61. The summed E-state index contributed by atoms with van der Waals surface area (Å²) in [6.07, 6.45) is 2.55. The molecule has 0 spiro atoms. The van der Waals surface area contributed by atoms with Crippen molar-refractivity contribution in [2.24, 2.45) is 0 Å². The zero-order chi connectivity index (χ0) is 13.0. The molecule has 2 rings (SSSR count). The van der Waals surface area contributed by atoms with Crippen molar-refractivity contribution in [3.63, 3.8) is 0 Å². The van der Waals surface area contributed by atoms with Gasteiger partial charge in [0.15, 0.2) is 0 Å². The van der Waals surface area contributed by atoms with E-state index in [0.717, 1.165) is 36.0 Å². The van der Waals surface area contributed by atoms with Crippen LogP contribution in [0.1, 0.15) is 23.1 Å². The maximum atomic E-state index is 9.79. The van der Waals surface area contributed by atoms with Gasteiger partial charge in [0.1, 0.15) is 11.5 Å². The van der Waals surface area contributed by atoms with Gasteiger partial charge in [0.05, 0.1) is 0 Å². The van der Waals surface area contributed by atoms with Crippen LogP contribution in [0.5, 0.6) is 11.5 Å². The molecule has 2 nitrogen and oxygen atoms in total. The molecule has 18 heavy (non-hydrogen) atoms. The average molecular weight is 242 g/mol. The minimum atomic E-state index is 0.352. The summed E-state index contributed by atoms with van der Waals surface area (Å²) >= 11 is 0. The fourth-order valence-electron chi connectivity index (χ4n) is 2.08. The Balaban J connectivity index is 1.95. The van der Waals surface area contributed by atoms with Gasteiger partial charge in [-0.05, 0) is 55.0 Å². The minimum Gasteiger partial charge on any atom is -0.508 e. The van der Waals surface area contributed by atoms with Crippen LogP contribution in [0, 0.1) is 6.92 Å². The molecule has 0 amide bonds. The van der Waals surface area contributed by atoms with E-state index in [2.05, 4.69) is 0 Å². The summed E-state index contributed by atoms with van der Waals surface area (Å²) in [5.74, 6) is 0.720. The van der Waals surface area contributed by atoms with Crippen molar-refractivity contribution in [2.75, 3.05) is 0 Å². The van der Waals surface area contributed by atoms with E-state index in [9.17, 15) is 10.2 Å². The van der Waals surface area contributed by atoms with E-state index in [1.807, 2.05) is 37.3 Å². The Morgan fingerprint density at radius 1 is 0.833 bits per heavy atom. The van der Waals surface area contributed by atoms with Crippen LogP contribution in [0.15, 0.2) is 42.5 Å². The Hall–Kier alpha value is -1.96. The molecule has 0 aromatic heterocycles. The molecule has 2 aromatic carbocycles. The number of phenolic OH excluding ortho intramolecular Hbond substituents is 2. The third kappa shape index (κ3) is 3.04. The number of phenols is 2. The lowest BCUT2D eigenvalue weighted by Gasteiger charge is -2.06. The Morgan fingerprint density at radius 2 is 1.50 bits per heavy atom. The molecule has 0 radical (unpaired) electrons. The highest BCUT2D eigenvalue weighted by Gasteiger charge is 2.03. The smallest absolute Gasteiger partial charge is 0.119 e. The second-order valence-corrected chi connectivity index (χ2v) is 4.61. The molecule has 0 bridgehead atoms. The summed E-state index contributed by atoms with van der Waals surface area (Å²) < 4.78 is 0. The van der Waals surface area contributed by atoms with Crippen LogP contribution < -0.4 is 0 Å². The summed E-state index contributed by atoms with van der Waals surface area (Å²) in [6.45, 7) is 1.96. The van der Waals surface area contributed by atoms with Crippen LogP contribution in [-0.2, 0) is 12.8 Å². The van der Waals surface area contributed by atoms with Gasteiger partial charge in [0, 0.05) is 0 Å². The standard InChI is InChI=1S/C16H18O2/c1-12-9-10-14(16(18)11-12)7-4-6-13-5-2-3-8-15(13)17/h2-3,5,8-11,17-18H,4,6-7H2,1H3. The van der Waals surface area contributed by atoms with Crippen molar-refractivity contribution in [1.82, 2.24) is 0 Å². The lowest BCUT2D eigenvalue weighted by molar-refractivity contribution is 0.463. The van der Waals surface area contributed by atoms with Gasteiger partial charge in [0.25, 0.3) is 0 Å².